The lowest BCUT2D eigenvalue weighted by molar-refractivity contribution is -0.147. The second-order valence-electron chi connectivity index (χ2n) is 4.84. The predicted molar refractivity (Wildman–Crippen MR) is 96.7 cm³/mol. The molecule has 7 heteroatoms. The number of pyridine rings is 2. The Morgan fingerprint density at radius 3 is 2.67 bits per heavy atom. The van der Waals surface area contributed by atoms with Crippen molar-refractivity contribution in [1.82, 2.24) is 9.97 Å². The highest BCUT2D eigenvalue weighted by Crippen LogP contribution is 2.37. The van der Waals surface area contributed by atoms with Crippen molar-refractivity contribution in [2.75, 3.05) is 6.61 Å². The van der Waals surface area contributed by atoms with Gasteiger partial charge in [-0.1, -0.05) is 28.1 Å². The SMILES string of the molecule is O=C(COc1c(Br)cc(Br)c2cccnc12)OCc1ccccn1. The van der Waals surface area contributed by atoms with Crippen LogP contribution in [0.4, 0.5) is 0 Å². The van der Waals surface area contributed by atoms with Crippen molar-refractivity contribution in [2.24, 2.45) is 0 Å². The zero-order valence-corrected chi connectivity index (χ0v) is 15.6. The van der Waals surface area contributed by atoms with E-state index in [2.05, 4.69) is 41.8 Å². The molecule has 0 aliphatic rings. The van der Waals surface area contributed by atoms with Crippen LogP contribution in [0.15, 0.2) is 57.7 Å². The molecule has 2 aromatic heterocycles. The van der Waals surface area contributed by atoms with Crippen LogP contribution in [0.1, 0.15) is 5.69 Å². The lowest BCUT2D eigenvalue weighted by atomic mass is 10.2. The number of esters is 1. The summed E-state index contributed by atoms with van der Waals surface area (Å²) < 4.78 is 12.4. The van der Waals surface area contributed by atoms with E-state index in [-0.39, 0.29) is 13.2 Å². The minimum atomic E-state index is -0.473. The first-order valence-electron chi connectivity index (χ1n) is 7.06. The molecule has 0 unspecified atom stereocenters. The summed E-state index contributed by atoms with van der Waals surface area (Å²) in [6.45, 7) is -0.0950. The Hall–Kier alpha value is -1.99. The maximum atomic E-state index is 11.9. The standard InChI is InChI=1S/C17H12Br2N2O3/c18-13-8-14(19)17(16-12(13)5-3-7-21-16)24-10-15(22)23-9-11-4-1-2-6-20-11/h1-8H,9-10H2. The number of aromatic nitrogens is 2. The molecule has 0 saturated heterocycles. The summed E-state index contributed by atoms with van der Waals surface area (Å²) in [7, 11) is 0. The van der Waals surface area contributed by atoms with Crippen LogP contribution in [0, 0.1) is 0 Å². The molecule has 122 valence electrons. The molecule has 5 nitrogen and oxygen atoms in total. The van der Waals surface area contributed by atoms with Gasteiger partial charge in [0.05, 0.1) is 10.2 Å². The van der Waals surface area contributed by atoms with Crippen LogP contribution in [-0.2, 0) is 16.1 Å². The number of benzene rings is 1. The van der Waals surface area contributed by atoms with Gasteiger partial charge in [-0.25, -0.2) is 4.79 Å². The predicted octanol–water partition coefficient (Wildman–Crippen LogP) is 4.28. The number of rotatable bonds is 5. The van der Waals surface area contributed by atoms with Crippen LogP contribution in [0.3, 0.4) is 0 Å². The van der Waals surface area contributed by atoms with Gasteiger partial charge in [0.25, 0.3) is 0 Å². The molecule has 0 saturated carbocycles. The molecule has 24 heavy (non-hydrogen) atoms. The number of carbonyl (C=O) groups is 1. The average molecular weight is 452 g/mol. The van der Waals surface area contributed by atoms with Crippen molar-refractivity contribution < 1.29 is 14.3 Å². The molecule has 0 amide bonds. The van der Waals surface area contributed by atoms with E-state index in [9.17, 15) is 4.79 Å². The molecular formula is C17H12Br2N2O3. The van der Waals surface area contributed by atoms with Gasteiger partial charge >= 0.3 is 5.97 Å². The van der Waals surface area contributed by atoms with Gasteiger partial charge in [-0.2, -0.15) is 0 Å². The Balaban J connectivity index is 1.68. The van der Waals surface area contributed by atoms with Crippen LogP contribution >= 0.6 is 31.9 Å². The van der Waals surface area contributed by atoms with E-state index in [0.29, 0.717) is 21.4 Å². The summed E-state index contributed by atoms with van der Waals surface area (Å²) in [5.41, 5.74) is 1.35. The Morgan fingerprint density at radius 1 is 1.04 bits per heavy atom. The fraction of sp³-hybridized carbons (Fsp3) is 0.118. The van der Waals surface area contributed by atoms with Gasteiger partial charge in [0.15, 0.2) is 12.4 Å². The van der Waals surface area contributed by atoms with E-state index in [1.807, 2.05) is 24.3 Å². The van der Waals surface area contributed by atoms with Gasteiger partial charge < -0.3 is 9.47 Å². The maximum absolute atomic E-state index is 11.9. The van der Waals surface area contributed by atoms with Crippen molar-refractivity contribution in [3.8, 4) is 5.75 Å². The fourth-order valence-electron chi connectivity index (χ4n) is 2.09. The Bertz CT molecular complexity index is 872. The topological polar surface area (TPSA) is 61.3 Å². The van der Waals surface area contributed by atoms with Crippen LogP contribution in [-0.4, -0.2) is 22.5 Å². The van der Waals surface area contributed by atoms with Gasteiger partial charge in [0.2, 0.25) is 0 Å². The Labute approximate surface area is 155 Å². The third-order valence-electron chi connectivity index (χ3n) is 3.19. The van der Waals surface area contributed by atoms with E-state index in [1.165, 1.54) is 0 Å². The number of carbonyl (C=O) groups excluding carboxylic acids is 1. The first-order chi connectivity index (χ1) is 11.6. The first-order valence-corrected chi connectivity index (χ1v) is 8.65. The van der Waals surface area contributed by atoms with Crippen molar-refractivity contribution in [3.63, 3.8) is 0 Å². The van der Waals surface area contributed by atoms with Crippen LogP contribution < -0.4 is 4.74 Å². The molecule has 1 aromatic carbocycles. The third kappa shape index (κ3) is 3.91. The minimum Gasteiger partial charge on any atom is -0.478 e. The molecule has 0 radical (unpaired) electrons. The van der Waals surface area contributed by atoms with Crippen LogP contribution in [0.5, 0.6) is 5.75 Å². The lowest BCUT2D eigenvalue weighted by Gasteiger charge is -2.11. The lowest BCUT2D eigenvalue weighted by Crippen LogP contribution is -2.15. The third-order valence-corrected chi connectivity index (χ3v) is 4.44. The highest BCUT2D eigenvalue weighted by atomic mass is 79.9. The highest BCUT2D eigenvalue weighted by molar-refractivity contribution is 9.11. The largest absolute Gasteiger partial charge is 0.478 e. The normalized spacial score (nSPS) is 10.6. The number of halogens is 2. The van der Waals surface area contributed by atoms with Crippen molar-refractivity contribution in [3.05, 3.63) is 63.4 Å². The summed E-state index contributed by atoms with van der Waals surface area (Å²) in [5.74, 6) is 0.0307. The maximum Gasteiger partial charge on any atom is 0.344 e. The Morgan fingerprint density at radius 2 is 1.88 bits per heavy atom. The molecule has 0 N–H and O–H groups in total. The number of ether oxygens (including phenoxy) is 2. The molecule has 0 atom stereocenters. The second kappa shape index (κ2) is 7.72. The summed E-state index contributed by atoms with van der Waals surface area (Å²) in [4.78, 5) is 20.3. The van der Waals surface area contributed by atoms with Crippen molar-refractivity contribution in [1.29, 1.82) is 0 Å². The van der Waals surface area contributed by atoms with Gasteiger partial charge in [-0.3, -0.25) is 9.97 Å². The molecule has 2 heterocycles. The highest BCUT2D eigenvalue weighted by Gasteiger charge is 2.14. The van der Waals surface area contributed by atoms with E-state index in [4.69, 9.17) is 9.47 Å². The van der Waals surface area contributed by atoms with E-state index >= 15 is 0 Å². The van der Waals surface area contributed by atoms with Crippen LogP contribution in [0.2, 0.25) is 0 Å². The summed E-state index contributed by atoms with van der Waals surface area (Å²) >= 11 is 6.93. The number of hydrogen-bond donors (Lipinski definition) is 0. The van der Waals surface area contributed by atoms with Crippen molar-refractivity contribution >= 4 is 48.7 Å². The smallest absolute Gasteiger partial charge is 0.344 e. The minimum absolute atomic E-state index is 0.115. The van der Waals surface area contributed by atoms with E-state index in [0.717, 1.165) is 9.86 Å². The fourth-order valence-corrected chi connectivity index (χ4v) is 3.48. The number of fused-ring (bicyclic) bond motifs is 1. The molecule has 3 rings (SSSR count). The van der Waals surface area contributed by atoms with Gasteiger partial charge in [-0.15, -0.1) is 0 Å². The molecule has 0 aliphatic carbocycles. The van der Waals surface area contributed by atoms with Gasteiger partial charge in [-0.05, 0) is 40.2 Å². The van der Waals surface area contributed by atoms with Gasteiger partial charge in [0.1, 0.15) is 12.1 Å². The zero-order chi connectivity index (χ0) is 16.9. The summed E-state index contributed by atoms with van der Waals surface area (Å²) in [6.07, 6.45) is 3.32. The van der Waals surface area contributed by atoms with Crippen LogP contribution in [0.25, 0.3) is 10.9 Å². The summed E-state index contributed by atoms with van der Waals surface area (Å²) in [5, 5.41) is 0.901. The molecule has 0 aliphatic heterocycles. The average Bonchev–Trinajstić information content (AvgIpc) is 2.60. The molecule has 0 fully saturated rings. The number of hydrogen-bond acceptors (Lipinski definition) is 5. The molecule has 0 spiro atoms. The second-order valence-corrected chi connectivity index (χ2v) is 6.55. The number of nitrogens with zero attached hydrogens (tertiary/aromatic N) is 2. The van der Waals surface area contributed by atoms with Crippen molar-refractivity contribution in [2.45, 2.75) is 6.61 Å². The Kier molecular flexibility index (Phi) is 5.42. The van der Waals surface area contributed by atoms with Gasteiger partial charge in [0, 0.05) is 22.3 Å². The monoisotopic (exact) mass is 450 g/mol. The molecule has 0 bridgehead atoms. The first kappa shape index (κ1) is 16.9. The zero-order valence-electron chi connectivity index (χ0n) is 12.4. The quantitative estimate of drug-likeness (QED) is 0.542. The van der Waals surface area contributed by atoms with E-state index < -0.39 is 5.97 Å². The van der Waals surface area contributed by atoms with E-state index in [1.54, 1.807) is 24.5 Å². The summed E-state index contributed by atoms with van der Waals surface area (Å²) in [6, 6.07) is 11.0. The molecule has 3 aromatic rings. The molecular weight excluding hydrogens is 440 g/mol.